The summed E-state index contributed by atoms with van der Waals surface area (Å²) in [6.07, 6.45) is 5.51. The first-order chi connectivity index (χ1) is 6.06. The number of hydrogen-bond acceptors (Lipinski definition) is 3. The Hall–Kier alpha value is -0.830. The van der Waals surface area contributed by atoms with Gasteiger partial charge in [0.25, 0.3) is 0 Å². The Balaban J connectivity index is 2.37. The highest BCUT2D eigenvalue weighted by Crippen LogP contribution is 2.20. The molecule has 2 atom stereocenters. The van der Waals surface area contributed by atoms with Crippen molar-refractivity contribution in [2.24, 2.45) is 0 Å². The molecule has 1 aliphatic heterocycles. The normalized spacial score (nSPS) is 32.1. The molecule has 0 fully saturated rings. The molecule has 0 aromatic rings. The van der Waals surface area contributed by atoms with E-state index in [0.29, 0.717) is 12.5 Å². The number of carbonyl (C=O) groups is 1. The third-order valence-electron chi connectivity index (χ3n) is 2.39. The Morgan fingerprint density at radius 1 is 1.69 bits per heavy atom. The van der Waals surface area contributed by atoms with Crippen molar-refractivity contribution < 1.29 is 9.53 Å². The van der Waals surface area contributed by atoms with Crippen LogP contribution in [0.3, 0.4) is 0 Å². The molecule has 0 saturated heterocycles. The second-order valence-corrected chi connectivity index (χ2v) is 3.79. The van der Waals surface area contributed by atoms with Crippen LogP contribution in [0.5, 0.6) is 0 Å². The highest BCUT2D eigenvalue weighted by molar-refractivity contribution is 5.69. The van der Waals surface area contributed by atoms with Crippen LogP contribution in [0.25, 0.3) is 0 Å². The van der Waals surface area contributed by atoms with E-state index in [4.69, 9.17) is 0 Å². The average Bonchev–Trinajstić information content (AvgIpc) is 2.43. The van der Waals surface area contributed by atoms with Crippen molar-refractivity contribution in [3.8, 4) is 0 Å². The van der Waals surface area contributed by atoms with Gasteiger partial charge < -0.3 is 10.1 Å². The second-order valence-electron chi connectivity index (χ2n) is 3.79. The van der Waals surface area contributed by atoms with Gasteiger partial charge in [-0.05, 0) is 20.3 Å². The summed E-state index contributed by atoms with van der Waals surface area (Å²) in [6, 6.07) is 0.405. The molecule has 0 aromatic carbocycles. The third-order valence-corrected chi connectivity index (χ3v) is 2.39. The molecule has 0 aliphatic carbocycles. The van der Waals surface area contributed by atoms with Gasteiger partial charge in [0.1, 0.15) is 0 Å². The zero-order chi connectivity index (χ0) is 9.90. The van der Waals surface area contributed by atoms with E-state index < -0.39 is 0 Å². The smallest absolute Gasteiger partial charge is 0.305 e. The van der Waals surface area contributed by atoms with Crippen LogP contribution in [0.4, 0.5) is 0 Å². The molecule has 0 radical (unpaired) electrons. The van der Waals surface area contributed by atoms with Crippen LogP contribution in [0.1, 0.15) is 26.7 Å². The molecule has 3 nitrogen and oxygen atoms in total. The fourth-order valence-electron chi connectivity index (χ4n) is 1.59. The molecular formula is C10H17NO2. The summed E-state index contributed by atoms with van der Waals surface area (Å²) in [5.74, 6) is -0.143. The van der Waals surface area contributed by atoms with Crippen LogP contribution in [0, 0.1) is 0 Å². The molecule has 0 saturated carbocycles. The summed E-state index contributed by atoms with van der Waals surface area (Å²) in [5, 5.41) is 3.39. The predicted molar refractivity (Wildman–Crippen MR) is 51.4 cm³/mol. The topological polar surface area (TPSA) is 38.3 Å². The number of rotatable bonds is 3. The zero-order valence-corrected chi connectivity index (χ0v) is 8.46. The molecule has 0 amide bonds. The highest BCUT2D eigenvalue weighted by atomic mass is 16.5. The van der Waals surface area contributed by atoms with E-state index in [-0.39, 0.29) is 11.5 Å². The van der Waals surface area contributed by atoms with Crippen LogP contribution >= 0.6 is 0 Å². The summed E-state index contributed by atoms with van der Waals surface area (Å²) >= 11 is 0. The fourth-order valence-corrected chi connectivity index (χ4v) is 1.59. The van der Waals surface area contributed by atoms with Gasteiger partial charge in [0.2, 0.25) is 0 Å². The Morgan fingerprint density at radius 3 is 2.85 bits per heavy atom. The minimum atomic E-state index is -0.143. The highest BCUT2D eigenvalue weighted by Gasteiger charge is 2.27. The lowest BCUT2D eigenvalue weighted by Gasteiger charge is -2.23. The molecule has 74 valence electrons. The van der Waals surface area contributed by atoms with Crippen LogP contribution in [-0.2, 0) is 9.53 Å². The SMILES string of the molecule is COC(=O)CC[C@@]1(C)C=C[C@H](C)N1. The van der Waals surface area contributed by atoms with E-state index in [1.165, 1.54) is 7.11 Å². The van der Waals surface area contributed by atoms with Crippen molar-refractivity contribution in [1.82, 2.24) is 5.32 Å². The summed E-state index contributed by atoms with van der Waals surface area (Å²) in [7, 11) is 1.42. The molecule has 3 heteroatoms. The third kappa shape index (κ3) is 2.84. The Labute approximate surface area is 79.2 Å². The number of nitrogens with one attached hydrogen (secondary N) is 1. The van der Waals surface area contributed by atoms with Gasteiger partial charge in [-0.3, -0.25) is 4.79 Å². The van der Waals surface area contributed by atoms with E-state index in [9.17, 15) is 4.79 Å². The first kappa shape index (κ1) is 10.3. The predicted octanol–water partition coefficient (Wildman–Crippen LogP) is 1.25. The lowest BCUT2D eigenvalue weighted by atomic mass is 9.98. The number of esters is 1. The van der Waals surface area contributed by atoms with Gasteiger partial charge in [0.15, 0.2) is 0 Å². The number of methoxy groups -OCH3 is 1. The van der Waals surface area contributed by atoms with E-state index in [2.05, 4.69) is 36.1 Å². The van der Waals surface area contributed by atoms with Crippen molar-refractivity contribution in [2.45, 2.75) is 38.3 Å². The summed E-state index contributed by atoms with van der Waals surface area (Å²) in [5.41, 5.74) is -0.0341. The van der Waals surface area contributed by atoms with Crippen molar-refractivity contribution in [2.75, 3.05) is 7.11 Å². The van der Waals surface area contributed by atoms with Crippen molar-refractivity contribution in [1.29, 1.82) is 0 Å². The van der Waals surface area contributed by atoms with Crippen molar-refractivity contribution >= 4 is 5.97 Å². The molecule has 0 aromatic heterocycles. The van der Waals surface area contributed by atoms with Gasteiger partial charge in [-0.15, -0.1) is 0 Å². The van der Waals surface area contributed by atoms with E-state index in [0.717, 1.165) is 6.42 Å². The lowest BCUT2D eigenvalue weighted by Crippen LogP contribution is -2.40. The summed E-state index contributed by atoms with van der Waals surface area (Å²) in [4.78, 5) is 10.9. The zero-order valence-electron chi connectivity index (χ0n) is 8.46. The first-order valence-corrected chi connectivity index (χ1v) is 4.59. The van der Waals surface area contributed by atoms with Gasteiger partial charge >= 0.3 is 5.97 Å². The van der Waals surface area contributed by atoms with Gasteiger partial charge in [-0.2, -0.15) is 0 Å². The van der Waals surface area contributed by atoms with Crippen LogP contribution in [0.15, 0.2) is 12.2 Å². The number of ether oxygens (including phenoxy) is 1. The maximum Gasteiger partial charge on any atom is 0.305 e. The summed E-state index contributed by atoms with van der Waals surface area (Å²) < 4.78 is 4.59. The molecule has 1 N–H and O–H groups in total. The molecule has 1 heterocycles. The fraction of sp³-hybridized carbons (Fsp3) is 0.700. The minimum Gasteiger partial charge on any atom is -0.469 e. The number of carbonyl (C=O) groups excluding carboxylic acids is 1. The van der Waals surface area contributed by atoms with Crippen molar-refractivity contribution in [3.63, 3.8) is 0 Å². The standard InChI is InChI=1S/C10H17NO2/c1-8-4-6-10(2,11-8)7-5-9(12)13-3/h4,6,8,11H,5,7H2,1-3H3/t8-,10+/m0/s1. The molecule has 0 unspecified atom stereocenters. The largest absolute Gasteiger partial charge is 0.469 e. The lowest BCUT2D eigenvalue weighted by molar-refractivity contribution is -0.140. The Morgan fingerprint density at radius 2 is 2.38 bits per heavy atom. The van der Waals surface area contributed by atoms with Crippen molar-refractivity contribution in [3.05, 3.63) is 12.2 Å². The number of hydrogen-bond donors (Lipinski definition) is 1. The van der Waals surface area contributed by atoms with Crippen LogP contribution in [0.2, 0.25) is 0 Å². The van der Waals surface area contributed by atoms with Crippen LogP contribution in [-0.4, -0.2) is 24.7 Å². The van der Waals surface area contributed by atoms with Gasteiger partial charge in [-0.1, -0.05) is 12.2 Å². The minimum absolute atomic E-state index is 0.0341. The molecule has 0 spiro atoms. The maximum atomic E-state index is 10.9. The molecule has 1 rings (SSSR count). The second kappa shape index (κ2) is 3.92. The van der Waals surface area contributed by atoms with E-state index in [1.807, 2.05) is 0 Å². The van der Waals surface area contributed by atoms with Gasteiger partial charge in [-0.25, -0.2) is 0 Å². The molecule has 13 heavy (non-hydrogen) atoms. The van der Waals surface area contributed by atoms with Gasteiger partial charge in [0, 0.05) is 18.0 Å². The van der Waals surface area contributed by atoms with E-state index >= 15 is 0 Å². The maximum absolute atomic E-state index is 10.9. The van der Waals surface area contributed by atoms with Gasteiger partial charge in [0.05, 0.1) is 7.11 Å². The monoisotopic (exact) mass is 183 g/mol. The first-order valence-electron chi connectivity index (χ1n) is 4.59. The van der Waals surface area contributed by atoms with E-state index in [1.54, 1.807) is 0 Å². The Bertz CT molecular complexity index is 225. The molecule has 0 bridgehead atoms. The molecule has 1 aliphatic rings. The molecular weight excluding hydrogens is 166 g/mol. The van der Waals surface area contributed by atoms with Crippen LogP contribution < -0.4 is 5.32 Å². The average molecular weight is 183 g/mol. The quantitative estimate of drug-likeness (QED) is 0.528. The Kier molecular flexibility index (Phi) is 3.09. The summed E-state index contributed by atoms with van der Waals surface area (Å²) in [6.45, 7) is 4.19.